The third-order valence-electron chi connectivity index (χ3n) is 4.87. The van der Waals surface area contributed by atoms with E-state index in [0.717, 1.165) is 21.1 Å². The molecular weight excluding hydrogens is 543 g/mol. The predicted molar refractivity (Wildman–Crippen MR) is 136 cm³/mol. The van der Waals surface area contributed by atoms with E-state index in [1.165, 1.54) is 0 Å². The van der Waals surface area contributed by atoms with Gasteiger partial charge in [0.1, 0.15) is 5.52 Å². The van der Waals surface area contributed by atoms with Crippen LogP contribution in [-0.2, 0) is 14.6 Å². The smallest absolute Gasteiger partial charge is 0.334 e. The Morgan fingerprint density at radius 3 is 2.28 bits per heavy atom. The second-order valence-corrected chi connectivity index (χ2v) is 10.3. The van der Waals surface area contributed by atoms with E-state index in [9.17, 15) is 13.2 Å². The number of nitrogens with zero attached hydrogens (tertiary/aromatic N) is 1. The van der Waals surface area contributed by atoms with E-state index in [-0.39, 0.29) is 17.5 Å². The van der Waals surface area contributed by atoms with Crippen LogP contribution in [0.3, 0.4) is 0 Å². The second kappa shape index (κ2) is 9.65. The van der Waals surface area contributed by atoms with Gasteiger partial charge in [0.2, 0.25) is 0 Å². The van der Waals surface area contributed by atoms with Crippen LogP contribution in [0.5, 0.6) is 0 Å². The molecule has 1 aromatic heterocycles. The number of nitrogens with one attached hydrogen (secondary N) is 3. The number of amides is 2. The van der Waals surface area contributed by atoms with Crippen LogP contribution < -0.4 is 14.8 Å². The third kappa shape index (κ3) is 5.71. The van der Waals surface area contributed by atoms with Crippen LogP contribution in [0, 0.1) is 6.92 Å². The number of carbonyl (C=O) groups excluding carboxylic acids is 1. The molecule has 0 spiro atoms. The van der Waals surface area contributed by atoms with Crippen LogP contribution in [0.2, 0.25) is 0 Å². The highest BCUT2D eigenvalue weighted by Gasteiger charge is 2.21. The fourth-order valence-corrected chi connectivity index (χ4v) is 4.66. The Morgan fingerprint density at radius 1 is 1.09 bits per heavy atom. The number of benzene rings is 2. The number of aryl methyl sites for hydroxylation is 1. The summed E-state index contributed by atoms with van der Waals surface area (Å²) in [4.78, 5) is 16.9. The minimum Gasteiger partial charge on any atom is -0.441 e. The molecule has 0 radical (unpaired) electrons. The van der Waals surface area contributed by atoms with Crippen molar-refractivity contribution in [3.05, 3.63) is 52.9 Å². The normalized spacial score (nSPS) is 11.9. The van der Waals surface area contributed by atoms with Gasteiger partial charge in [0.15, 0.2) is 11.5 Å². The Kier molecular flexibility index (Phi) is 7.33. The Labute approximate surface area is 201 Å². The van der Waals surface area contributed by atoms with Gasteiger partial charge >= 0.3 is 16.2 Å². The number of hydrogen-bond donors (Lipinski definition) is 3. The predicted octanol–water partition coefficient (Wildman–Crippen LogP) is 5.80. The summed E-state index contributed by atoms with van der Waals surface area (Å²) in [5.74, 6) is 0.782. The highest BCUT2D eigenvalue weighted by atomic mass is 127. The highest BCUT2D eigenvalue weighted by Crippen LogP contribution is 2.34. The molecule has 1 heterocycles. The molecule has 0 atom stereocenters. The molecule has 32 heavy (non-hydrogen) atoms. The van der Waals surface area contributed by atoms with Crippen molar-refractivity contribution in [1.82, 2.24) is 9.71 Å². The molecule has 0 aliphatic heterocycles. The van der Waals surface area contributed by atoms with Gasteiger partial charge in [-0.2, -0.15) is 8.42 Å². The molecule has 0 unspecified atom stereocenters. The van der Waals surface area contributed by atoms with Gasteiger partial charge in [0.05, 0.1) is 5.69 Å². The number of alkyl halides is 1. The fourth-order valence-electron chi connectivity index (χ4n) is 3.43. The number of halogens is 1. The van der Waals surface area contributed by atoms with Gasteiger partial charge in [0.25, 0.3) is 0 Å². The van der Waals surface area contributed by atoms with Crippen LogP contribution in [-0.4, -0.2) is 19.4 Å². The van der Waals surface area contributed by atoms with Crippen molar-refractivity contribution in [3.8, 4) is 0 Å². The quantitative estimate of drug-likeness (QED) is 0.246. The number of anilines is 2. The Morgan fingerprint density at radius 2 is 1.72 bits per heavy atom. The lowest BCUT2D eigenvalue weighted by Gasteiger charge is -2.22. The zero-order valence-corrected chi connectivity index (χ0v) is 21.6. The monoisotopic (exact) mass is 570 g/mol. The van der Waals surface area contributed by atoms with Crippen molar-refractivity contribution < 1.29 is 17.6 Å². The van der Waals surface area contributed by atoms with E-state index in [1.54, 1.807) is 25.1 Å². The summed E-state index contributed by atoms with van der Waals surface area (Å²) in [6, 6.07) is 7.98. The lowest BCUT2D eigenvalue weighted by molar-refractivity contribution is 0.256. The molecule has 0 fully saturated rings. The van der Waals surface area contributed by atoms with Crippen LogP contribution in [0.4, 0.5) is 16.2 Å². The van der Waals surface area contributed by atoms with Crippen molar-refractivity contribution in [1.29, 1.82) is 0 Å². The molecule has 8 nitrogen and oxygen atoms in total. The largest absolute Gasteiger partial charge is 0.441 e. The third-order valence-corrected chi connectivity index (χ3v) is 6.71. The number of carbonyl (C=O) groups is 1. The molecule has 0 aliphatic carbocycles. The summed E-state index contributed by atoms with van der Waals surface area (Å²) in [7, 11) is -4.17. The number of rotatable bonds is 7. The summed E-state index contributed by atoms with van der Waals surface area (Å²) < 4.78 is 35.7. The average molecular weight is 570 g/mol. The average Bonchev–Trinajstić information content (AvgIpc) is 3.05. The first-order valence-corrected chi connectivity index (χ1v) is 13.2. The number of aromatic nitrogens is 1. The van der Waals surface area contributed by atoms with Crippen LogP contribution in [0.1, 0.15) is 62.1 Å². The number of urea groups is 1. The number of hydrogen-bond acceptors (Lipinski definition) is 5. The fraction of sp³-hybridized carbons (Fsp3) is 0.364. The van der Waals surface area contributed by atoms with Gasteiger partial charge in [-0.3, -0.25) is 4.72 Å². The minimum atomic E-state index is -4.17. The summed E-state index contributed by atoms with van der Waals surface area (Å²) in [5.41, 5.74) is 5.08. The van der Waals surface area contributed by atoms with Gasteiger partial charge < -0.3 is 9.73 Å². The molecule has 0 saturated carbocycles. The highest BCUT2D eigenvalue weighted by molar-refractivity contribution is 14.1. The van der Waals surface area contributed by atoms with E-state index in [1.807, 2.05) is 32.4 Å². The summed E-state index contributed by atoms with van der Waals surface area (Å²) >= 11 is 2.31. The first-order valence-electron chi connectivity index (χ1n) is 10.2. The van der Waals surface area contributed by atoms with Gasteiger partial charge in [-0.05, 0) is 46.7 Å². The number of fused-ring (bicyclic) bond motifs is 1. The van der Waals surface area contributed by atoms with Gasteiger partial charge in [-0.25, -0.2) is 14.5 Å². The molecule has 172 valence electrons. The zero-order chi connectivity index (χ0) is 23.6. The van der Waals surface area contributed by atoms with E-state index in [4.69, 9.17) is 4.42 Å². The first kappa shape index (κ1) is 24.3. The summed E-state index contributed by atoms with van der Waals surface area (Å²) in [6.45, 7) is 9.87. The van der Waals surface area contributed by atoms with Crippen molar-refractivity contribution in [2.24, 2.45) is 0 Å². The number of oxazole rings is 1. The van der Waals surface area contributed by atoms with Crippen molar-refractivity contribution in [2.45, 2.75) is 50.9 Å². The molecular formula is C22H27IN4O4S. The Bertz CT molecular complexity index is 1220. The summed E-state index contributed by atoms with van der Waals surface area (Å²) in [5, 5.41) is 2.77. The lowest BCUT2D eigenvalue weighted by Crippen LogP contribution is -2.38. The molecule has 3 aromatic rings. The van der Waals surface area contributed by atoms with Crippen molar-refractivity contribution in [3.63, 3.8) is 0 Å². The van der Waals surface area contributed by atoms with Crippen LogP contribution in [0.15, 0.2) is 34.7 Å². The van der Waals surface area contributed by atoms with E-state index < -0.39 is 16.2 Å². The van der Waals surface area contributed by atoms with Gasteiger partial charge in [0, 0.05) is 17.0 Å². The molecule has 3 N–H and O–H groups in total. The molecule has 0 bridgehead atoms. The maximum atomic E-state index is 12.7. The van der Waals surface area contributed by atoms with Crippen LogP contribution >= 0.6 is 22.6 Å². The van der Waals surface area contributed by atoms with Gasteiger partial charge in [-0.1, -0.05) is 62.4 Å². The topological polar surface area (TPSA) is 113 Å². The molecule has 0 aliphatic rings. The molecule has 2 amide bonds. The van der Waals surface area contributed by atoms with Crippen molar-refractivity contribution >= 4 is 61.3 Å². The Hall–Kier alpha value is -2.34. The van der Waals surface area contributed by atoms with Crippen molar-refractivity contribution in [2.75, 3.05) is 10.0 Å². The first-order chi connectivity index (χ1) is 15.0. The van der Waals surface area contributed by atoms with Crippen LogP contribution in [0.25, 0.3) is 11.1 Å². The SMILES string of the molecule is Cc1nc2cc(NS(=O)(=O)NC(=O)Nc3c(C(C)C)cc(CI)cc3C(C)C)ccc2o1. The Balaban J connectivity index is 1.82. The lowest BCUT2D eigenvalue weighted by atomic mass is 9.90. The molecule has 10 heteroatoms. The summed E-state index contributed by atoms with van der Waals surface area (Å²) in [6.07, 6.45) is 0. The standard InChI is InChI=1S/C22H27IN4O4S/c1-12(2)17-8-15(11-23)9-18(13(3)4)21(17)25-22(28)27-32(29,30)26-16-6-7-20-19(10-16)24-14(5)31-20/h6-10,12-13,26H,11H2,1-5H3,(H2,25,27,28). The van der Waals surface area contributed by atoms with E-state index >= 15 is 0 Å². The minimum absolute atomic E-state index is 0.151. The molecule has 0 saturated heterocycles. The maximum Gasteiger partial charge on any atom is 0.334 e. The molecule has 2 aromatic carbocycles. The van der Waals surface area contributed by atoms with E-state index in [0.29, 0.717) is 22.7 Å². The zero-order valence-electron chi connectivity index (χ0n) is 18.6. The maximum absolute atomic E-state index is 12.7. The second-order valence-electron chi connectivity index (χ2n) is 8.17. The van der Waals surface area contributed by atoms with E-state index in [2.05, 4.69) is 49.7 Å². The van der Waals surface area contributed by atoms with Gasteiger partial charge in [-0.15, -0.1) is 0 Å². The molecule has 3 rings (SSSR count).